The Morgan fingerprint density at radius 2 is 1.76 bits per heavy atom. The van der Waals surface area contributed by atoms with E-state index >= 15 is 0 Å². The molecular weight excluding hydrogens is 368 g/mol. The maximum absolute atomic E-state index is 12.1. The van der Waals surface area contributed by atoms with Crippen LogP contribution in [-0.2, 0) is 4.79 Å². The number of anilines is 1. The lowest BCUT2D eigenvalue weighted by molar-refractivity contribution is -0.115. The highest BCUT2D eigenvalue weighted by molar-refractivity contribution is 5.99. The van der Waals surface area contributed by atoms with Crippen LogP contribution in [0.5, 0.6) is 5.75 Å². The van der Waals surface area contributed by atoms with E-state index in [2.05, 4.69) is 15.6 Å². The van der Waals surface area contributed by atoms with Crippen LogP contribution in [0.15, 0.2) is 79.1 Å². The zero-order chi connectivity index (χ0) is 20.2. The summed E-state index contributed by atoms with van der Waals surface area (Å²) >= 11 is 0. The number of benzene rings is 3. The fraction of sp³-hybridized carbons (Fsp3) is 0.0455. The SMILES string of the molecule is O=C(CNC(=O)c1cccc(O)c1)Nc1ccc(-n2cnc3ccccc32)cc1. The highest BCUT2D eigenvalue weighted by Gasteiger charge is 2.09. The molecule has 4 aromatic rings. The van der Waals surface area contributed by atoms with Crippen molar-refractivity contribution in [3.05, 3.63) is 84.7 Å². The lowest BCUT2D eigenvalue weighted by Crippen LogP contribution is -2.32. The van der Waals surface area contributed by atoms with Gasteiger partial charge in [0.05, 0.1) is 17.6 Å². The van der Waals surface area contributed by atoms with Gasteiger partial charge in [-0.2, -0.15) is 0 Å². The summed E-state index contributed by atoms with van der Waals surface area (Å²) in [4.78, 5) is 28.5. The lowest BCUT2D eigenvalue weighted by atomic mass is 10.2. The third-order valence-corrected chi connectivity index (χ3v) is 4.40. The minimum Gasteiger partial charge on any atom is -0.508 e. The zero-order valence-electron chi connectivity index (χ0n) is 15.4. The Labute approximate surface area is 166 Å². The summed E-state index contributed by atoms with van der Waals surface area (Å²) in [5, 5.41) is 14.7. The van der Waals surface area contributed by atoms with Crippen LogP contribution < -0.4 is 10.6 Å². The number of imidazole rings is 1. The van der Waals surface area contributed by atoms with Crippen LogP contribution in [0, 0.1) is 0 Å². The molecule has 0 atom stereocenters. The van der Waals surface area contributed by atoms with E-state index in [0.717, 1.165) is 16.7 Å². The summed E-state index contributed by atoms with van der Waals surface area (Å²) in [5.74, 6) is -0.787. The van der Waals surface area contributed by atoms with Gasteiger partial charge in [0.2, 0.25) is 5.91 Å². The van der Waals surface area contributed by atoms with Gasteiger partial charge in [-0.3, -0.25) is 14.2 Å². The van der Waals surface area contributed by atoms with Crippen LogP contribution in [0.4, 0.5) is 5.69 Å². The first kappa shape index (κ1) is 18.2. The Morgan fingerprint density at radius 1 is 0.966 bits per heavy atom. The molecule has 0 aliphatic carbocycles. The molecule has 1 heterocycles. The first-order valence-electron chi connectivity index (χ1n) is 9.00. The number of nitrogens with one attached hydrogen (secondary N) is 2. The topological polar surface area (TPSA) is 96.3 Å². The Morgan fingerprint density at radius 3 is 2.55 bits per heavy atom. The van der Waals surface area contributed by atoms with E-state index in [9.17, 15) is 14.7 Å². The number of amides is 2. The van der Waals surface area contributed by atoms with Crippen molar-refractivity contribution >= 4 is 28.5 Å². The summed E-state index contributed by atoms with van der Waals surface area (Å²) in [5.41, 5.74) is 3.74. The number of rotatable bonds is 5. The van der Waals surface area contributed by atoms with Crippen molar-refractivity contribution in [3.63, 3.8) is 0 Å². The van der Waals surface area contributed by atoms with Crippen molar-refractivity contribution in [3.8, 4) is 11.4 Å². The maximum atomic E-state index is 12.1. The Balaban J connectivity index is 1.37. The first-order chi connectivity index (χ1) is 14.1. The summed E-state index contributed by atoms with van der Waals surface area (Å²) in [6.07, 6.45) is 1.76. The molecule has 0 spiro atoms. The molecule has 0 unspecified atom stereocenters. The monoisotopic (exact) mass is 386 g/mol. The normalized spacial score (nSPS) is 10.6. The number of hydrogen-bond acceptors (Lipinski definition) is 4. The van der Waals surface area contributed by atoms with Crippen LogP contribution in [0.3, 0.4) is 0 Å². The van der Waals surface area contributed by atoms with Gasteiger partial charge in [-0.15, -0.1) is 0 Å². The third-order valence-electron chi connectivity index (χ3n) is 4.40. The molecule has 4 rings (SSSR count). The van der Waals surface area contributed by atoms with Crippen LogP contribution >= 0.6 is 0 Å². The number of aromatic nitrogens is 2. The van der Waals surface area contributed by atoms with Gasteiger partial charge in [0.1, 0.15) is 12.1 Å². The molecule has 0 aliphatic heterocycles. The highest BCUT2D eigenvalue weighted by atomic mass is 16.3. The molecule has 0 saturated heterocycles. The molecule has 1 aromatic heterocycles. The van der Waals surface area contributed by atoms with Gasteiger partial charge in [-0.25, -0.2) is 4.98 Å². The largest absolute Gasteiger partial charge is 0.508 e. The molecule has 0 fully saturated rings. The number of carbonyl (C=O) groups excluding carboxylic acids is 2. The van der Waals surface area contributed by atoms with Gasteiger partial charge in [-0.05, 0) is 54.6 Å². The van der Waals surface area contributed by atoms with E-state index in [-0.39, 0.29) is 23.8 Å². The quantitative estimate of drug-likeness (QED) is 0.491. The Bertz CT molecular complexity index is 1180. The second-order valence-corrected chi connectivity index (χ2v) is 6.43. The summed E-state index contributed by atoms with van der Waals surface area (Å²) in [6.45, 7) is -0.178. The molecule has 2 amide bonds. The van der Waals surface area contributed by atoms with Crippen molar-refractivity contribution in [2.75, 3.05) is 11.9 Å². The van der Waals surface area contributed by atoms with Crippen molar-refractivity contribution < 1.29 is 14.7 Å². The Hall–Kier alpha value is -4.13. The minimum atomic E-state index is -0.432. The number of nitrogens with zero attached hydrogens (tertiary/aromatic N) is 2. The predicted molar refractivity (Wildman–Crippen MR) is 110 cm³/mol. The number of aromatic hydroxyl groups is 1. The standard InChI is InChI=1S/C22H18N4O3/c27-18-5-3-4-15(12-18)22(29)23-13-21(28)25-16-8-10-17(11-9-16)26-14-24-19-6-1-2-7-20(19)26/h1-12,14,27H,13H2,(H,23,29)(H,25,28). The first-order valence-corrected chi connectivity index (χ1v) is 9.00. The van der Waals surface area contributed by atoms with Crippen LogP contribution in [0.1, 0.15) is 10.4 Å². The number of fused-ring (bicyclic) bond motifs is 1. The smallest absolute Gasteiger partial charge is 0.251 e. The van der Waals surface area contributed by atoms with Crippen molar-refractivity contribution in [1.82, 2.24) is 14.9 Å². The van der Waals surface area contributed by atoms with E-state index < -0.39 is 5.91 Å². The van der Waals surface area contributed by atoms with Gasteiger partial charge in [-0.1, -0.05) is 18.2 Å². The predicted octanol–water partition coefficient (Wildman–Crippen LogP) is 3.10. The lowest BCUT2D eigenvalue weighted by Gasteiger charge is -2.09. The van der Waals surface area contributed by atoms with Gasteiger partial charge < -0.3 is 15.7 Å². The van der Waals surface area contributed by atoms with E-state index in [0.29, 0.717) is 5.69 Å². The second kappa shape index (κ2) is 7.85. The third kappa shape index (κ3) is 4.08. The van der Waals surface area contributed by atoms with Gasteiger partial charge in [0.15, 0.2) is 0 Å². The molecule has 3 N–H and O–H groups in total. The summed E-state index contributed by atoms with van der Waals surface area (Å²) in [7, 11) is 0. The van der Waals surface area contributed by atoms with Gasteiger partial charge >= 0.3 is 0 Å². The van der Waals surface area contributed by atoms with Crippen LogP contribution in [-0.4, -0.2) is 33.0 Å². The minimum absolute atomic E-state index is 0.00661. The molecule has 0 aliphatic rings. The summed E-state index contributed by atoms with van der Waals surface area (Å²) in [6, 6.07) is 21.1. The highest BCUT2D eigenvalue weighted by Crippen LogP contribution is 2.19. The fourth-order valence-corrected chi connectivity index (χ4v) is 2.99. The molecule has 144 valence electrons. The van der Waals surface area contributed by atoms with Crippen LogP contribution in [0.2, 0.25) is 0 Å². The van der Waals surface area contributed by atoms with E-state index in [4.69, 9.17) is 0 Å². The molecule has 0 bridgehead atoms. The number of phenolic OH excluding ortho intramolecular Hbond substituents is 1. The van der Waals surface area contributed by atoms with Crippen molar-refractivity contribution in [2.24, 2.45) is 0 Å². The van der Waals surface area contributed by atoms with E-state index in [1.807, 2.05) is 41.0 Å². The average Bonchev–Trinajstić information content (AvgIpc) is 3.17. The molecule has 7 nitrogen and oxygen atoms in total. The average molecular weight is 386 g/mol. The molecule has 0 saturated carbocycles. The Kier molecular flexibility index (Phi) is 4.94. The van der Waals surface area contributed by atoms with E-state index in [1.54, 1.807) is 30.6 Å². The van der Waals surface area contributed by atoms with Crippen molar-refractivity contribution in [2.45, 2.75) is 0 Å². The second-order valence-electron chi connectivity index (χ2n) is 6.43. The van der Waals surface area contributed by atoms with Gasteiger partial charge in [0, 0.05) is 16.9 Å². The molecule has 3 aromatic carbocycles. The number of hydrogen-bond donors (Lipinski definition) is 3. The van der Waals surface area contributed by atoms with Crippen molar-refractivity contribution in [1.29, 1.82) is 0 Å². The number of carbonyl (C=O) groups is 2. The fourth-order valence-electron chi connectivity index (χ4n) is 2.99. The molecule has 7 heteroatoms. The number of phenols is 1. The maximum Gasteiger partial charge on any atom is 0.251 e. The molecule has 29 heavy (non-hydrogen) atoms. The van der Waals surface area contributed by atoms with Crippen LogP contribution in [0.25, 0.3) is 16.7 Å². The molecule has 0 radical (unpaired) electrons. The van der Waals surface area contributed by atoms with E-state index in [1.165, 1.54) is 12.1 Å². The van der Waals surface area contributed by atoms with Gasteiger partial charge in [0.25, 0.3) is 5.91 Å². The molecular formula is C22H18N4O3. The number of para-hydroxylation sites is 2. The zero-order valence-corrected chi connectivity index (χ0v) is 15.4. The summed E-state index contributed by atoms with van der Waals surface area (Å²) < 4.78 is 1.97.